The van der Waals surface area contributed by atoms with E-state index in [-0.39, 0.29) is 0 Å². The molecule has 0 aliphatic carbocycles. The second-order valence-corrected chi connectivity index (χ2v) is 5.05. The fourth-order valence-corrected chi connectivity index (χ4v) is 2.15. The SMILES string of the molecule is CCSc1ccc(CNCCCNC)cc1. The first-order chi connectivity index (χ1) is 7.86. The summed E-state index contributed by atoms with van der Waals surface area (Å²) < 4.78 is 0. The Morgan fingerprint density at radius 2 is 1.88 bits per heavy atom. The second kappa shape index (κ2) is 8.62. The topological polar surface area (TPSA) is 24.1 Å². The lowest BCUT2D eigenvalue weighted by atomic mass is 10.2. The predicted octanol–water partition coefficient (Wildman–Crippen LogP) is 2.50. The summed E-state index contributed by atoms with van der Waals surface area (Å²) in [6, 6.07) is 8.84. The third-order valence-corrected chi connectivity index (χ3v) is 3.24. The van der Waals surface area contributed by atoms with Gasteiger partial charge in [-0.3, -0.25) is 0 Å². The van der Waals surface area contributed by atoms with Gasteiger partial charge in [-0.2, -0.15) is 0 Å². The number of nitrogens with one attached hydrogen (secondary N) is 2. The number of rotatable bonds is 8. The largest absolute Gasteiger partial charge is 0.320 e. The zero-order chi connectivity index (χ0) is 11.6. The van der Waals surface area contributed by atoms with Crippen molar-refractivity contribution in [2.75, 3.05) is 25.9 Å². The van der Waals surface area contributed by atoms with Gasteiger partial charge in [-0.25, -0.2) is 0 Å². The van der Waals surface area contributed by atoms with Crippen molar-refractivity contribution >= 4 is 11.8 Å². The molecule has 0 fully saturated rings. The van der Waals surface area contributed by atoms with Crippen LogP contribution in [0.2, 0.25) is 0 Å². The van der Waals surface area contributed by atoms with Gasteiger partial charge in [-0.1, -0.05) is 19.1 Å². The van der Waals surface area contributed by atoms with Crippen molar-refractivity contribution in [2.45, 2.75) is 24.8 Å². The van der Waals surface area contributed by atoms with Crippen molar-refractivity contribution in [1.82, 2.24) is 10.6 Å². The highest BCUT2D eigenvalue weighted by Gasteiger charge is 1.94. The average Bonchev–Trinajstić information content (AvgIpc) is 2.31. The highest BCUT2D eigenvalue weighted by atomic mass is 32.2. The lowest BCUT2D eigenvalue weighted by molar-refractivity contribution is 0.625. The average molecular weight is 238 g/mol. The highest BCUT2D eigenvalue weighted by Crippen LogP contribution is 2.17. The minimum Gasteiger partial charge on any atom is -0.320 e. The Bertz CT molecular complexity index is 272. The molecule has 0 aliphatic rings. The summed E-state index contributed by atoms with van der Waals surface area (Å²) in [5.74, 6) is 1.14. The van der Waals surface area contributed by atoms with Crippen molar-refractivity contribution in [3.63, 3.8) is 0 Å². The molecule has 0 unspecified atom stereocenters. The monoisotopic (exact) mass is 238 g/mol. The van der Waals surface area contributed by atoms with Crippen LogP contribution in [0, 0.1) is 0 Å². The van der Waals surface area contributed by atoms with Crippen LogP contribution in [0.1, 0.15) is 18.9 Å². The molecular weight excluding hydrogens is 216 g/mol. The summed E-state index contributed by atoms with van der Waals surface area (Å²) in [6.45, 7) is 5.31. The van der Waals surface area contributed by atoms with Crippen molar-refractivity contribution < 1.29 is 0 Å². The number of benzene rings is 1. The van der Waals surface area contributed by atoms with Crippen molar-refractivity contribution in [3.05, 3.63) is 29.8 Å². The molecule has 90 valence electrons. The van der Waals surface area contributed by atoms with E-state index in [0.29, 0.717) is 0 Å². The molecule has 1 rings (SSSR count). The van der Waals surface area contributed by atoms with Crippen molar-refractivity contribution in [3.8, 4) is 0 Å². The first-order valence-electron chi connectivity index (χ1n) is 5.94. The summed E-state index contributed by atoms with van der Waals surface area (Å²) in [4.78, 5) is 1.36. The Hall–Kier alpha value is -0.510. The van der Waals surface area contributed by atoms with Gasteiger partial charge in [-0.05, 0) is 50.0 Å². The molecule has 16 heavy (non-hydrogen) atoms. The van der Waals surface area contributed by atoms with E-state index in [0.717, 1.165) is 25.4 Å². The third kappa shape index (κ3) is 5.54. The van der Waals surface area contributed by atoms with E-state index < -0.39 is 0 Å². The van der Waals surface area contributed by atoms with Gasteiger partial charge < -0.3 is 10.6 Å². The lowest BCUT2D eigenvalue weighted by Gasteiger charge is -2.05. The minimum absolute atomic E-state index is 0.973. The Labute approximate surface area is 103 Å². The standard InChI is InChI=1S/C13H22N2S/c1-3-16-13-7-5-12(6-8-13)11-15-10-4-9-14-2/h5-8,14-15H,3-4,9-11H2,1-2H3. The Balaban J connectivity index is 2.21. The van der Waals surface area contributed by atoms with E-state index in [1.807, 2.05) is 18.8 Å². The second-order valence-electron chi connectivity index (χ2n) is 3.71. The van der Waals surface area contributed by atoms with Crippen LogP contribution in [0.4, 0.5) is 0 Å². The molecule has 0 radical (unpaired) electrons. The van der Waals surface area contributed by atoms with Crippen LogP contribution in [0.5, 0.6) is 0 Å². The van der Waals surface area contributed by atoms with Crippen LogP contribution < -0.4 is 10.6 Å². The molecule has 1 aromatic carbocycles. The summed E-state index contributed by atoms with van der Waals surface area (Å²) in [5, 5.41) is 6.59. The van der Waals surface area contributed by atoms with E-state index in [1.165, 1.54) is 16.9 Å². The Morgan fingerprint density at radius 1 is 1.12 bits per heavy atom. The van der Waals surface area contributed by atoms with Crippen LogP contribution in [-0.2, 0) is 6.54 Å². The van der Waals surface area contributed by atoms with Gasteiger partial charge >= 0.3 is 0 Å². The predicted molar refractivity (Wildman–Crippen MR) is 73.1 cm³/mol. The molecule has 2 N–H and O–H groups in total. The summed E-state index contributed by atoms with van der Waals surface area (Å²) in [7, 11) is 1.99. The maximum Gasteiger partial charge on any atom is 0.0205 e. The zero-order valence-corrected chi connectivity index (χ0v) is 11.1. The molecule has 0 saturated carbocycles. The van der Waals surface area contributed by atoms with Gasteiger partial charge in [0.1, 0.15) is 0 Å². The minimum atomic E-state index is 0.973. The number of thioether (sulfide) groups is 1. The fourth-order valence-electron chi connectivity index (χ4n) is 1.49. The normalized spacial score (nSPS) is 10.6. The number of hydrogen-bond donors (Lipinski definition) is 2. The molecule has 0 bridgehead atoms. The van der Waals surface area contributed by atoms with E-state index >= 15 is 0 Å². The molecule has 0 heterocycles. The molecule has 2 nitrogen and oxygen atoms in total. The molecule has 0 atom stereocenters. The summed E-state index contributed by atoms with van der Waals surface area (Å²) in [6.07, 6.45) is 1.18. The molecule has 0 aromatic heterocycles. The zero-order valence-electron chi connectivity index (χ0n) is 10.3. The Kier molecular flexibility index (Phi) is 7.30. The summed E-state index contributed by atoms with van der Waals surface area (Å²) >= 11 is 1.89. The maximum absolute atomic E-state index is 3.44. The van der Waals surface area contributed by atoms with E-state index in [9.17, 15) is 0 Å². The van der Waals surface area contributed by atoms with E-state index in [2.05, 4.69) is 41.8 Å². The van der Waals surface area contributed by atoms with Crippen LogP contribution in [0.15, 0.2) is 29.2 Å². The first kappa shape index (κ1) is 13.6. The van der Waals surface area contributed by atoms with Gasteiger partial charge in [0, 0.05) is 11.4 Å². The van der Waals surface area contributed by atoms with Crippen molar-refractivity contribution in [1.29, 1.82) is 0 Å². The van der Waals surface area contributed by atoms with E-state index in [1.54, 1.807) is 0 Å². The molecule has 0 spiro atoms. The van der Waals surface area contributed by atoms with Gasteiger partial charge in [0.15, 0.2) is 0 Å². The number of hydrogen-bond acceptors (Lipinski definition) is 3. The quantitative estimate of drug-likeness (QED) is 0.537. The van der Waals surface area contributed by atoms with Gasteiger partial charge in [0.2, 0.25) is 0 Å². The molecular formula is C13H22N2S. The van der Waals surface area contributed by atoms with Gasteiger partial charge in [0.25, 0.3) is 0 Å². The van der Waals surface area contributed by atoms with Crippen LogP contribution in [0.3, 0.4) is 0 Å². The smallest absolute Gasteiger partial charge is 0.0205 e. The molecule has 0 amide bonds. The van der Waals surface area contributed by atoms with Crippen LogP contribution >= 0.6 is 11.8 Å². The Morgan fingerprint density at radius 3 is 2.50 bits per heavy atom. The third-order valence-electron chi connectivity index (χ3n) is 2.34. The van der Waals surface area contributed by atoms with Gasteiger partial charge in [0.05, 0.1) is 0 Å². The summed E-state index contributed by atoms with van der Waals surface area (Å²) in [5.41, 5.74) is 1.37. The van der Waals surface area contributed by atoms with Crippen LogP contribution in [-0.4, -0.2) is 25.9 Å². The fraction of sp³-hybridized carbons (Fsp3) is 0.538. The molecule has 0 saturated heterocycles. The van der Waals surface area contributed by atoms with E-state index in [4.69, 9.17) is 0 Å². The molecule has 0 aliphatic heterocycles. The maximum atomic E-state index is 3.44. The molecule has 3 heteroatoms. The van der Waals surface area contributed by atoms with Gasteiger partial charge in [-0.15, -0.1) is 11.8 Å². The molecule has 1 aromatic rings. The lowest BCUT2D eigenvalue weighted by Crippen LogP contribution is -2.19. The highest BCUT2D eigenvalue weighted by molar-refractivity contribution is 7.99. The van der Waals surface area contributed by atoms with Crippen molar-refractivity contribution in [2.24, 2.45) is 0 Å². The first-order valence-corrected chi connectivity index (χ1v) is 6.92. The van der Waals surface area contributed by atoms with Crippen LogP contribution in [0.25, 0.3) is 0 Å².